The molecule has 0 amide bonds. The van der Waals surface area contributed by atoms with Crippen LogP contribution in [0.4, 0.5) is 0 Å². The molecule has 3 rings (SSSR count). The number of benzene rings is 1. The van der Waals surface area contributed by atoms with Gasteiger partial charge in [0, 0.05) is 5.56 Å². The van der Waals surface area contributed by atoms with E-state index >= 15 is 0 Å². The summed E-state index contributed by atoms with van der Waals surface area (Å²) in [6.45, 7) is 9.09. The summed E-state index contributed by atoms with van der Waals surface area (Å²) in [5, 5.41) is 0. The van der Waals surface area contributed by atoms with Crippen LogP contribution in [0.25, 0.3) is 0 Å². The predicted molar refractivity (Wildman–Crippen MR) is 76.4 cm³/mol. The molecule has 2 atom stereocenters. The second-order valence-corrected chi connectivity index (χ2v) is 7.12. The van der Waals surface area contributed by atoms with Gasteiger partial charge in [0.05, 0.1) is 0 Å². The third-order valence-electron chi connectivity index (χ3n) is 4.95. The molecule has 2 heterocycles. The fourth-order valence-electron chi connectivity index (χ4n) is 3.41. The van der Waals surface area contributed by atoms with Crippen molar-refractivity contribution in [1.29, 1.82) is 0 Å². The number of rotatable bonds is 1. The number of esters is 2. The van der Waals surface area contributed by atoms with E-state index in [4.69, 9.17) is 9.47 Å². The standard InChI is InChI=1S/C17H20O4/c1-10-6-8-11(9-7-10)17-12(15(2,3)13(18)21-17)20-14(19)16(17,4)5/h6-9,12H,1-5H3/t12-,17-/m1/s1. The Hall–Kier alpha value is -1.84. The van der Waals surface area contributed by atoms with Crippen molar-refractivity contribution >= 4 is 11.9 Å². The minimum absolute atomic E-state index is 0.325. The molecule has 0 radical (unpaired) electrons. The molecule has 21 heavy (non-hydrogen) atoms. The zero-order valence-electron chi connectivity index (χ0n) is 13.0. The lowest BCUT2D eigenvalue weighted by atomic mass is 9.66. The van der Waals surface area contributed by atoms with Crippen molar-refractivity contribution in [3.05, 3.63) is 35.4 Å². The number of aryl methyl sites for hydroxylation is 1. The minimum Gasteiger partial charge on any atom is -0.456 e. The van der Waals surface area contributed by atoms with Gasteiger partial charge in [0.15, 0.2) is 11.7 Å². The molecule has 0 aromatic heterocycles. The summed E-state index contributed by atoms with van der Waals surface area (Å²) in [5.41, 5.74) is -0.908. The van der Waals surface area contributed by atoms with Crippen LogP contribution < -0.4 is 0 Å². The monoisotopic (exact) mass is 288 g/mol. The first-order valence-corrected chi connectivity index (χ1v) is 7.16. The average Bonchev–Trinajstić information content (AvgIpc) is 2.73. The largest absolute Gasteiger partial charge is 0.456 e. The van der Waals surface area contributed by atoms with E-state index in [-0.39, 0.29) is 11.9 Å². The highest BCUT2D eigenvalue weighted by Crippen LogP contribution is 2.61. The summed E-state index contributed by atoms with van der Waals surface area (Å²) in [7, 11) is 0. The Morgan fingerprint density at radius 3 is 2.10 bits per heavy atom. The van der Waals surface area contributed by atoms with Gasteiger partial charge >= 0.3 is 11.9 Å². The molecule has 2 aliphatic rings. The van der Waals surface area contributed by atoms with E-state index in [9.17, 15) is 9.59 Å². The van der Waals surface area contributed by atoms with Crippen molar-refractivity contribution in [2.75, 3.05) is 0 Å². The normalized spacial score (nSPS) is 32.5. The van der Waals surface area contributed by atoms with Crippen LogP contribution in [0.2, 0.25) is 0 Å². The van der Waals surface area contributed by atoms with E-state index in [1.807, 2.05) is 31.2 Å². The minimum atomic E-state index is -1.06. The lowest BCUT2D eigenvalue weighted by Crippen LogP contribution is -2.47. The maximum atomic E-state index is 12.3. The van der Waals surface area contributed by atoms with E-state index in [2.05, 4.69) is 0 Å². The van der Waals surface area contributed by atoms with Crippen LogP contribution in [0.1, 0.15) is 38.8 Å². The van der Waals surface area contributed by atoms with Gasteiger partial charge in [0.1, 0.15) is 10.8 Å². The van der Waals surface area contributed by atoms with Crippen molar-refractivity contribution in [2.24, 2.45) is 10.8 Å². The van der Waals surface area contributed by atoms with E-state index < -0.39 is 22.5 Å². The van der Waals surface area contributed by atoms with Crippen LogP contribution in [-0.2, 0) is 24.7 Å². The lowest BCUT2D eigenvalue weighted by molar-refractivity contribution is -0.166. The number of hydrogen-bond acceptors (Lipinski definition) is 4. The molecule has 0 N–H and O–H groups in total. The van der Waals surface area contributed by atoms with Crippen LogP contribution in [0.5, 0.6) is 0 Å². The summed E-state index contributed by atoms with van der Waals surface area (Å²) in [4.78, 5) is 24.7. The van der Waals surface area contributed by atoms with Gasteiger partial charge in [0.2, 0.25) is 0 Å². The quantitative estimate of drug-likeness (QED) is 0.746. The Morgan fingerprint density at radius 1 is 0.952 bits per heavy atom. The first-order valence-electron chi connectivity index (χ1n) is 7.16. The molecule has 112 valence electrons. The van der Waals surface area contributed by atoms with Crippen LogP contribution >= 0.6 is 0 Å². The van der Waals surface area contributed by atoms with E-state index in [1.165, 1.54) is 0 Å². The second-order valence-electron chi connectivity index (χ2n) is 7.12. The van der Waals surface area contributed by atoms with Gasteiger partial charge in [-0.15, -0.1) is 0 Å². The van der Waals surface area contributed by atoms with Gasteiger partial charge in [-0.1, -0.05) is 29.8 Å². The molecule has 2 aliphatic heterocycles. The zero-order valence-corrected chi connectivity index (χ0v) is 13.0. The summed E-state index contributed by atoms with van der Waals surface area (Å²) >= 11 is 0. The maximum Gasteiger partial charge on any atom is 0.316 e. The Morgan fingerprint density at radius 2 is 1.52 bits per heavy atom. The number of carbonyl (C=O) groups excluding carboxylic acids is 2. The molecule has 0 spiro atoms. The van der Waals surface area contributed by atoms with Gasteiger partial charge in [-0.05, 0) is 34.6 Å². The highest BCUT2D eigenvalue weighted by molar-refractivity contribution is 5.89. The number of carbonyl (C=O) groups is 2. The Balaban J connectivity index is 2.26. The Kier molecular flexibility index (Phi) is 2.60. The van der Waals surface area contributed by atoms with Gasteiger partial charge in [-0.2, -0.15) is 0 Å². The molecule has 1 aromatic carbocycles. The van der Waals surface area contributed by atoms with E-state index in [0.29, 0.717) is 0 Å². The molecule has 0 aliphatic carbocycles. The van der Waals surface area contributed by atoms with Crippen LogP contribution in [0, 0.1) is 17.8 Å². The first kappa shape index (κ1) is 14.1. The molecule has 4 heteroatoms. The van der Waals surface area contributed by atoms with Crippen molar-refractivity contribution < 1.29 is 19.1 Å². The highest BCUT2D eigenvalue weighted by atomic mass is 16.6. The fraction of sp³-hybridized carbons (Fsp3) is 0.529. The molecular formula is C17H20O4. The van der Waals surface area contributed by atoms with E-state index in [0.717, 1.165) is 11.1 Å². The number of hydrogen-bond donors (Lipinski definition) is 0. The molecule has 0 bridgehead atoms. The topological polar surface area (TPSA) is 52.6 Å². The third kappa shape index (κ3) is 1.50. The van der Waals surface area contributed by atoms with Gasteiger partial charge < -0.3 is 9.47 Å². The van der Waals surface area contributed by atoms with Crippen molar-refractivity contribution in [3.63, 3.8) is 0 Å². The summed E-state index contributed by atoms with van der Waals surface area (Å²) in [6, 6.07) is 7.75. The predicted octanol–water partition coefficient (Wildman–Crippen LogP) is 2.72. The summed E-state index contributed by atoms with van der Waals surface area (Å²) in [5.74, 6) is -0.651. The van der Waals surface area contributed by atoms with Crippen molar-refractivity contribution in [3.8, 4) is 0 Å². The summed E-state index contributed by atoms with van der Waals surface area (Å²) < 4.78 is 11.4. The number of fused-ring (bicyclic) bond motifs is 1. The fourth-order valence-corrected chi connectivity index (χ4v) is 3.41. The van der Waals surface area contributed by atoms with Crippen LogP contribution in [-0.4, -0.2) is 18.0 Å². The van der Waals surface area contributed by atoms with Crippen LogP contribution in [0.3, 0.4) is 0 Å². The lowest BCUT2D eigenvalue weighted by Gasteiger charge is -2.36. The van der Waals surface area contributed by atoms with Crippen molar-refractivity contribution in [2.45, 2.75) is 46.3 Å². The Bertz CT molecular complexity index is 625. The van der Waals surface area contributed by atoms with Crippen LogP contribution in [0.15, 0.2) is 24.3 Å². The molecule has 4 nitrogen and oxygen atoms in total. The van der Waals surface area contributed by atoms with Crippen molar-refractivity contribution in [1.82, 2.24) is 0 Å². The number of ether oxygens (including phenoxy) is 2. The molecule has 2 saturated heterocycles. The SMILES string of the molecule is Cc1ccc([C@@]23OC(=O)C(C)(C)[C@H]2OC(=O)C3(C)C)cc1. The van der Waals surface area contributed by atoms with E-state index in [1.54, 1.807) is 27.7 Å². The third-order valence-corrected chi connectivity index (χ3v) is 4.95. The molecule has 0 unspecified atom stereocenters. The maximum absolute atomic E-state index is 12.3. The molecule has 2 fully saturated rings. The van der Waals surface area contributed by atoms with Gasteiger partial charge in [0.25, 0.3) is 0 Å². The second kappa shape index (κ2) is 3.87. The molecule has 0 saturated carbocycles. The highest BCUT2D eigenvalue weighted by Gasteiger charge is 2.75. The molecular weight excluding hydrogens is 268 g/mol. The Labute approximate surface area is 124 Å². The average molecular weight is 288 g/mol. The first-order chi connectivity index (χ1) is 9.64. The van der Waals surface area contributed by atoms with Gasteiger partial charge in [-0.3, -0.25) is 9.59 Å². The zero-order chi connectivity index (χ0) is 15.6. The summed E-state index contributed by atoms with van der Waals surface area (Å²) in [6.07, 6.45) is -0.609. The smallest absolute Gasteiger partial charge is 0.316 e. The molecule has 1 aromatic rings. The van der Waals surface area contributed by atoms with Gasteiger partial charge in [-0.25, -0.2) is 0 Å².